The van der Waals surface area contributed by atoms with Crippen molar-refractivity contribution in [1.82, 2.24) is 5.32 Å². The zero-order chi connectivity index (χ0) is 15.2. The second-order valence-electron chi connectivity index (χ2n) is 5.36. The Labute approximate surface area is 130 Å². The molecule has 0 aliphatic rings. The molecule has 2 rings (SSSR count). The lowest BCUT2D eigenvalue weighted by Crippen LogP contribution is -2.34. The molecule has 1 heterocycles. The van der Waals surface area contributed by atoms with Crippen molar-refractivity contribution in [3.05, 3.63) is 52.2 Å². The third-order valence-electron chi connectivity index (χ3n) is 3.29. The predicted molar refractivity (Wildman–Crippen MR) is 86.7 cm³/mol. The average Bonchev–Trinajstić information content (AvgIpc) is 2.97. The van der Waals surface area contributed by atoms with E-state index in [1.807, 2.05) is 42.6 Å². The van der Waals surface area contributed by atoms with Crippen LogP contribution in [-0.2, 0) is 4.79 Å². The molecule has 1 aromatic heterocycles. The lowest BCUT2D eigenvalue weighted by atomic mass is 10.0. The summed E-state index contributed by atoms with van der Waals surface area (Å²) in [6, 6.07) is 11.8. The number of hydrogen-bond donors (Lipinski definition) is 1. The lowest BCUT2D eigenvalue weighted by molar-refractivity contribution is -0.124. The molecule has 0 aliphatic carbocycles. The Kier molecular flexibility index (Phi) is 5.39. The molecule has 1 atom stereocenters. The van der Waals surface area contributed by atoms with Gasteiger partial charge in [0.1, 0.15) is 5.75 Å². The molecule has 0 saturated carbocycles. The maximum Gasteiger partial charge on any atom is 0.258 e. The highest BCUT2D eigenvalue weighted by Crippen LogP contribution is 2.25. The standard InChI is InChI=1S/C17H21NO2S/c1-12(2)17(15-9-6-10-21-15)18-16(19)11-20-14-8-5-4-7-13(14)3/h4-10,12,17H,11H2,1-3H3,(H,18,19)/t17-/m0/s1. The molecule has 1 aromatic carbocycles. The molecule has 3 nitrogen and oxygen atoms in total. The topological polar surface area (TPSA) is 38.3 Å². The Morgan fingerprint density at radius 1 is 1.24 bits per heavy atom. The van der Waals surface area contributed by atoms with Crippen LogP contribution in [0.1, 0.15) is 30.3 Å². The number of hydrogen-bond acceptors (Lipinski definition) is 3. The van der Waals surface area contributed by atoms with Gasteiger partial charge in [0.2, 0.25) is 0 Å². The van der Waals surface area contributed by atoms with Gasteiger partial charge in [-0.3, -0.25) is 4.79 Å². The van der Waals surface area contributed by atoms with Crippen LogP contribution in [0.2, 0.25) is 0 Å². The fraction of sp³-hybridized carbons (Fsp3) is 0.353. The van der Waals surface area contributed by atoms with Crippen molar-refractivity contribution in [2.75, 3.05) is 6.61 Å². The molecule has 1 amide bonds. The molecule has 0 unspecified atom stereocenters. The van der Waals surface area contributed by atoms with Crippen LogP contribution in [0, 0.1) is 12.8 Å². The number of carbonyl (C=O) groups is 1. The molecule has 2 aromatic rings. The summed E-state index contributed by atoms with van der Waals surface area (Å²) >= 11 is 1.66. The zero-order valence-electron chi connectivity index (χ0n) is 12.6. The zero-order valence-corrected chi connectivity index (χ0v) is 13.4. The monoisotopic (exact) mass is 303 g/mol. The van der Waals surface area contributed by atoms with Crippen LogP contribution in [0.3, 0.4) is 0 Å². The quantitative estimate of drug-likeness (QED) is 0.877. The van der Waals surface area contributed by atoms with Crippen LogP contribution >= 0.6 is 11.3 Å². The van der Waals surface area contributed by atoms with Gasteiger partial charge in [-0.25, -0.2) is 0 Å². The van der Waals surface area contributed by atoms with Gasteiger partial charge in [-0.05, 0) is 35.9 Å². The number of nitrogens with one attached hydrogen (secondary N) is 1. The molecule has 0 aliphatic heterocycles. The number of thiophene rings is 1. The van der Waals surface area contributed by atoms with Gasteiger partial charge in [0.05, 0.1) is 6.04 Å². The number of ether oxygens (including phenoxy) is 1. The minimum Gasteiger partial charge on any atom is -0.484 e. The first-order valence-corrected chi connectivity index (χ1v) is 7.97. The van der Waals surface area contributed by atoms with Crippen molar-refractivity contribution in [2.45, 2.75) is 26.8 Å². The summed E-state index contributed by atoms with van der Waals surface area (Å²) in [5, 5.41) is 5.08. The van der Waals surface area contributed by atoms with E-state index >= 15 is 0 Å². The summed E-state index contributed by atoms with van der Waals surface area (Å²) in [6.45, 7) is 6.22. The molecule has 0 radical (unpaired) electrons. The molecule has 112 valence electrons. The van der Waals surface area contributed by atoms with E-state index in [2.05, 4.69) is 25.2 Å². The first kappa shape index (κ1) is 15.6. The second kappa shape index (κ2) is 7.27. The summed E-state index contributed by atoms with van der Waals surface area (Å²) in [5.41, 5.74) is 1.03. The van der Waals surface area contributed by atoms with Crippen molar-refractivity contribution < 1.29 is 9.53 Å². The van der Waals surface area contributed by atoms with Gasteiger partial charge in [0.25, 0.3) is 5.91 Å². The normalized spacial score (nSPS) is 12.2. The Morgan fingerprint density at radius 3 is 2.62 bits per heavy atom. The maximum absolute atomic E-state index is 12.1. The van der Waals surface area contributed by atoms with E-state index in [0.29, 0.717) is 5.92 Å². The van der Waals surface area contributed by atoms with Gasteiger partial charge >= 0.3 is 0 Å². The largest absolute Gasteiger partial charge is 0.484 e. The van der Waals surface area contributed by atoms with Crippen molar-refractivity contribution in [1.29, 1.82) is 0 Å². The van der Waals surface area contributed by atoms with E-state index in [1.54, 1.807) is 11.3 Å². The van der Waals surface area contributed by atoms with Gasteiger partial charge in [0, 0.05) is 4.88 Å². The highest BCUT2D eigenvalue weighted by Gasteiger charge is 2.19. The molecule has 0 bridgehead atoms. The number of carbonyl (C=O) groups excluding carboxylic acids is 1. The third-order valence-corrected chi connectivity index (χ3v) is 4.24. The molecule has 21 heavy (non-hydrogen) atoms. The van der Waals surface area contributed by atoms with Gasteiger partial charge in [-0.1, -0.05) is 38.1 Å². The van der Waals surface area contributed by atoms with E-state index in [-0.39, 0.29) is 18.6 Å². The molecule has 0 saturated heterocycles. The second-order valence-corrected chi connectivity index (χ2v) is 6.34. The van der Waals surface area contributed by atoms with E-state index < -0.39 is 0 Å². The lowest BCUT2D eigenvalue weighted by Gasteiger charge is -2.21. The van der Waals surface area contributed by atoms with Crippen molar-refractivity contribution in [3.8, 4) is 5.75 Å². The SMILES string of the molecule is Cc1ccccc1OCC(=O)N[C@H](c1cccs1)C(C)C. The average molecular weight is 303 g/mol. The van der Waals surface area contributed by atoms with Gasteiger partial charge < -0.3 is 10.1 Å². The fourth-order valence-electron chi connectivity index (χ4n) is 2.11. The van der Waals surface area contributed by atoms with E-state index in [1.165, 1.54) is 4.88 Å². The minimum atomic E-state index is -0.0923. The molecular weight excluding hydrogens is 282 g/mol. The number of rotatable bonds is 6. The van der Waals surface area contributed by atoms with Crippen LogP contribution < -0.4 is 10.1 Å². The summed E-state index contributed by atoms with van der Waals surface area (Å²) in [6.07, 6.45) is 0. The Bertz CT molecular complexity index is 578. The van der Waals surface area contributed by atoms with Crippen LogP contribution in [0.5, 0.6) is 5.75 Å². The van der Waals surface area contributed by atoms with E-state index in [9.17, 15) is 4.79 Å². The predicted octanol–water partition coefficient (Wildman–Crippen LogP) is 3.95. The first-order valence-electron chi connectivity index (χ1n) is 7.09. The minimum absolute atomic E-state index is 0.0398. The Morgan fingerprint density at radius 2 is 2.00 bits per heavy atom. The van der Waals surface area contributed by atoms with Crippen LogP contribution in [0.4, 0.5) is 0 Å². The van der Waals surface area contributed by atoms with E-state index in [4.69, 9.17) is 4.74 Å². The van der Waals surface area contributed by atoms with E-state index in [0.717, 1.165) is 11.3 Å². The highest BCUT2D eigenvalue weighted by molar-refractivity contribution is 7.10. The summed E-state index contributed by atoms with van der Waals surface area (Å²) in [5.74, 6) is 1.00. The fourth-order valence-corrected chi connectivity index (χ4v) is 3.06. The number of aryl methyl sites for hydroxylation is 1. The van der Waals surface area contributed by atoms with Crippen LogP contribution in [0.25, 0.3) is 0 Å². The first-order chi connectivity index (χ1) is 10.1. The van der Waals surface area contributed by atoms with Crippen molar-refractivity contribution in [2.24, 2.45) is 5.92 Å². The maximum atomic E-state index is 12.1. The van der Waals surface area contributed by atoms with Gasteiger partial charge in [-0.15, -0.1) is 11.3 Å². The molecule has 0 spiro atoms. The number of benzene rings is 1. The highest BCUT2D eigenvalue weighted by atomic mass is 32.1. The van der Waals surface area contributed by atoms with Gasteiger partial charge in [-0.2, -0.15) is 0 Å². The summed E-state index contributed by atoms with van der Waals surface area (Å²) in [7, 11) is 0. The van der Waals surface area contributed by atoms with Gasteiger partial charge in [0.15, 0.2) is 6.61 Å². The summed E-state index contributed by atoms with van der Waals surface area (Å²) < 4.78 is 5.59. The molecule has 1 N–H and O–H groups in total. The molecular formula is C17H21NO2S. The van der Waals surface area contributed by atoms with Crippen molar-refractivity contribution >= 4 is 17.2 Å². The Balaban J connectivity index is 1.93. The molecule has 4 heteroatoms. The van der Waals surface area contributed by atoms with Crippen LogP contribution in [-0.4, -0.2) is 12.5 Å². The number of para-hydroxylation sites is 1. The Hall–Kier alpha value is -1.81. The number of amides is 1. The van der Waals surface area contributed by atoms with Crippen LogP contribution in [0.15, 0.2) is 41.8 Å². The van der Waals surface area contributed by atoms with Crippen molar-refractivity contribution in [3.63, 3.8) is 0 Å². The summed E-state index contributed by atoms with van der Waals surface area (Å²) in [4.78, 5) is 13.3. The third kappa shape index (κ3) is 4.33. The smallest absolute Gasteiger partial charge is 0.258 e. The molecule has 0 fully saturated rings.